The fraction of sp³-hybridized carbons (Fsp3) is 1.00. The molecule has 1 N–H and O–H groups in total. The summed E-state index contributed by atoms with van der Waals surface area (Å²) in [5.41, 5.74) is 0. The molecule has 0 aliphatic carbocycles. The third-order valence-electron chi connectivity index (χ3n) is 4.24. The molecular formula is C12H22N2O. The van der Waals surface area contributed by atoms with E-state index in [1.165, 1.54) is 45.3 Å². The van der Waals surface area contributed by atoms with Crippen molar-refractivity contribution in [2.75, 3.05) is 32.8 Å². The lowest BCUT2D eigenvalue weighted by Crippen LogP contribution is -2.50. The van der Waals surface area contributed by atoms with Gasteiger partial charge in [-0.1, -0.05) is 0 Å². The summed E-state index contributed by atoms with van der Waals surface area (Å²) in [6, 6.07) is 1.41. The lowest BCUT2D eigenvalue weighted by Gasteiger charge is -2.35. The number of nitrogens with one attached hydrogen (secondary N) is 1. The molecule has 3 heterocycles. The Morgan fingerprint density at radius 3 is 2.93 bits per heavy atom. The first-order chi connectivity index (χ1) is 7.42. The molecular weight excluding hydrogens is 188 g/mol. The zero-order valence-electron chi connectivity index (χ0n) is 9.45. The van der Waals surface area contributed by atoms with E-state index in [4.69, 9.17) is 4.74 Å². The zero-order chi connectivity index (χ0) is 10.1. The number of hydrogen-bond acceptors (Lipinski definition) is 3. The highest BCUT2D eigenvalue weighted by Gasteiger charge is 2.35. The van der Waals surface area contributed by atoms with Gasteiger partial charge in [-0.2, -0.15) is 0 Å². The van der Waals surface area contributed by atoms with Crippen LogP contribution < -0.4 is 5.32 Å². The molecule has 3 aliphatic rings. The molecule has 3 aliphatic heterocycles. The first-order valence-electron chi connectivity index (χ1n) is 6.48. The van der Waals surface area contributed by atoms with Gasteiger partial charge in [0.2, 0.25) is 0 Å². The van der Waals surface area contributed by atoms with Crippen molar-refractivity contribution in [3.8, 4) is 0 Å². The highest BCUT2D eigenvalue weighted by molar-refractivity contribution is 4.92. The Kier molecular flexibility index (Phi) is 2.95. The summed E-state index contributed by atoms with van der Waals surface area (Å²) < 4.78 is 5.53. The van der Waals surface area contributed by atoms with Crippen molar-refractivity contribution < 1.29 is 4.74 Å². The van der Waals surface area contributed by atoms with Crippen LogP contribution in [0.1, 0.15) is 25.7 Å². The zero-order valence-corrected chi connectivity index (χ0v) is 9.45. The largest absolute Gasteiger partial charge is 0.380 e. The first-order valence-corrected chi connectivity index (χ1v) is 6.48. The molecule has 86 valence electrons. The molecule has 4 atom stereocenters. The van der Waals surface area contributed by atoms with Crippen molar-refractivity contribution in [1.82, 2.24) is 10.2 Å². The van der Waals surface area contributed by atoms with Crippen LogP contribution in [0.3, 0.4) is 0 Å². The summed E-state index contributed by atoms with van der Waals surface area (Å²) in [6.07, 6.45) is 5.31. The van der Waals surface area contributed by atoms with Crippen molar-refractivity contribution >= 4 is 0 Å². The summed E-state index contributed by atoms with van der Waals surface area (Å²) in [6.45, 7) is 5.89. The second-order valence-electron chi connectivity index (χ2n) is 5.33. The summed E-state index contributed by atoms with van der Waals surface area (Å²) in [5, 5.41) is 3.83. The van der Waals surface area contributed by atoms with Crippen LogP contribution in [0.15, 0.2) is 0 Å². The van der Waals surface area contributed by atoms with Gasteiger partial charge in [0.1, 0.15) is 0 Å². The van der Waals surface area contributed by atoms with Gasteiger partial charge < -0.3 is 15.0 Å². The van der Waals surface area contributed by atoms with Crippen LogP contribution in [-0.2, 0) is 4.74 Å². The van der Waals surface area contributed by atoms with Gasteiger partial charge in [-0.3, -0.25) is 0 Å². The average molecular weight is 210 g/mol. The number of piperidine rings is 1. The van der Waals surface area contributed by atoms with Gasteiger partial charge in [-0.05, 0) is 44.7 Å². The lowest BCUT2D eigenvalue weighted by molar-refractivity contribution is 0.0596. The molecule has 3 saturated heterocycles. The first kappa shape index (κ1) is 10.1. The van der Waals surface area contributed by atoms with Crippen LogP contribution in [0.2, 0.25) is 0 Å². The van der Waals surface area contributed by atoms with Crippen molar-refractivity contribution in [2.45, 2.75) is 37.8 Å². The Morgan fingerprint density at radius 2 is 2.07 bits per heavy atom. The topological polar surface area (TPSA) is 24.5 Å². The van der Waals surface area contributed by atoms with Crippen LogP contribution in [0.4, 0.5) is 0 Å². The van der Waals surface area contributed by atoms with E-state index in [9.17, 15) is 0 Å². The van der Waals surface area contributed by atoms with Crippen molar-refractivity contribution in [3.63, 3.8) is 0 Å². The smallest absolute Gasteiger partial charge is 0.0619 e. The van der Waals surface area contributed by atoms with Gasteiger partial charge in [0.05, 0.1) is 6.61 Å². The normalized spacial score (nSPS) is 45.6. The van der Waals surface area contributed by atoms with E-state index in [-0.39, 0.29) is 0 Å². The second-order valence-corrected chi connectivity index (χ2v) is 5.33. The summed E-state index contributed by atoms with van der Waals surface area (Å²) in [5.74, 6) is 0.917. The maximum absolute atomic E-state index is 5.53. The van der Waals surface area contributed by atoms with Crippen LogP contribution in [0, 0.1) is 5.92 Å². The molecule has 0 spiro atoms. The Hall–Kier alpha value is -0.120. The lowest BCUT2D eigenvalue weighted by atomic mass is 9.93. The Labute approximate surface area is 92.2 Å². The van der Waals surface area contributed by atoms with Gasteiger partial charge in [0.25, 0.3) is 0 Å². The van der Waals surface area contributed by atoms with Crippen LogP contribution in [0.5, 0.6) is 0 Å². The van der Waals surface area contributed by atoms with Gasteiger partial charge in [-0.15, -0.1) is 0 Å². The summed E-state index contributed by atoms with van der Waals surface area (Å²) >= 11 is 0. The molecule has 0 radical (unpaired) electrons. The third kappa shape index (κ3) is 2.19. The number of rotatable bonds is 2. The highest BCUT2D eigenvalue weighted by atomic mass is 16.5. The second kappa shape index (κ2) is 4.40. The fourth-order valence-corrected chi connectivity index (χ4v) is 3.35. The van der Waals surface area contributed by atoms with E-state index in [1.54, 1.807) is 0 Å². The quantitative estimate of drug-likeness (QED) is 0.731. The van der Waals surface area contributed by atoms with Gasteiger partial charge in [0.15, 0.2) is 0 Å². The highest BCUT2D eigenvalue weighted by Crippen LogP contribution is 2.27. The number of fused-ring (bicyclic) bond motifs is 2. The molecule has 2 bridgehead atoms. The predicted octanol–water partition coefficient (Wildman–Crippen LogP) is 0.849. The van der Waals surface area contributed by atoms with E-state index < -0.39 is 0 Å². The molecule has 3 nitrogen and oxygen atoms in total. The molecule has 0 aromatic rings. The fourth-order valence-electron chi connectivity index (χ4n) is 3.35. The SMILES string of the molecule is C1COCC(NC2CCN3CCC2C3)C1. The Bertz CT molecular complexity index is 216. The molecule has 0 aromatic carbocycles. The molecule has 0 amide bonds. The number of hydrogen-bond donors (Lipinski definition) is 1. The molecule has 15 heavy (non-hydrogen) atoms. The minimum Gasteiger partial charge on any atom is -0.380 e. The van der Waals surface area contributed by atoms with E-state index >= 15 is 0 Å². The van der Waals surface area contributed by atoms with Crippen molar-refractivity contribution in [2.24, 2.45) is 5.92 Å². The van der Waals surface area contributed by atoms with Crippen LogP contribution >= 0.6 is 0 Å². The van der Waals surface area contributed by atoms with Crippen LogP contribution in [0.25, 0.3) is 0 Å². The molecule has 0 aromatic heterocycles. The average Bonchev–Trinajstić information content (AvgIpc) is 2.67. The maximum Gasteiger partial charge on any atom is 0.0619 e. The monoisotopic (exact) mass is 210 g/mol. The minimum absolute atomic E-state index is 0.635. The molecule has 4 unspecified atom stereocenters. The predicted molar refractivity (Wildman–Crippen MR) is 59.9 cm³/mol. The Morgan fingerprint density at radius 1 is 1.13 bits per heavy atom. The van der Waals surface area contributed by atoms with E-state index in [0.29, 0.717) is 6.04 Å². The standard InChI is InChI=1S/C12H22N2O/c1-2-11(9-15-7-1)13-12-4-6-14-5-3-10(12)8-14/h10-13H,1-9H2. The van der Waals surface area contributed by atoms with Crippen molar-refractivity contribution in [3.05, 3.63) is 0 Å². The van der Waals surface area contributed by atoms with E-state index in [0.717, 1.165) is 25.2 Å². The summed E-state index contributed by atoms with van der Waals surface area (Å²) in [4.78, 5) is 2.61. The molecule has 3 fully saturated rings. The molecule has 3 heteroatoms. The minimum atomic E-state index is 0.635. The number of ether oxygens (including phenoxy) is 1. The summed E-state index contributed by atoms with van der Waals surface area (Å²) in [7, 11) is 0. The maximum atomic E-state index is 5.53. The Balaban J connectivity index is 1.53. The van der Waals surface area contributed by atoms with Crippen LogP contribution in [-0.4, -0.2) is 49.8 Å². The van der Waals surface area contributed by atoms with Crippen molar-refractivity contribution in [1.29, 1.82) is 0 Å². The van der Waals surface area contributed by atoms with Gasteiger partial charge in [-0.25, -0.2) is 0 Å². The molecule has 0 saturated carbocycles. The van der Waals surface area contributed by atoms with Gasteiger partial charge >= 0.3 is 0 Å². The third-order valence-corrected chi connectivity index (χ3v) is 4.24. The van der Waals surface area contributed by atoms with E-state index in [2.05, 4.69) is 10.2 Å². The van der Waals surface area contributed by atoms with Gasteiger partial charge in [0, 0.05) is 25.2 Å². The molecule has 3 rings (SSSR count). The number of nitrogens with zero attached hydrogens (tertiary/aromatic N) is 1. The van der Waals surface area contributed by atoms with E-state index in [1.807, 2.05) is 0 Å².